The van der Waals surface area contributed by atoms with Gasteiger partial charge in [0.2, 0.25) is 0 Å². The summed E-state index contributed by atoms with van der Waals surface area (Å²) in [7, 11) is 1.85. The maximum atomic E-state index is 14.1. The molecule has 8 rings (SSSR count). The highest BCUT2D eigenvalue weighted by Crippen LogP contribution is 2.48. The SMILES string of the molecule is COc1ccc(P(=NC[C@@H](NC(=S)N[C@@H]2c3ccccc3C[C@H]2Oc2ccc(C(F)(F)F)cc2NC(=O)Nc2cc(C(F)(F)F)cc(C(F)(F)F)c2)c2ccccc2)(c2ccc(OC)cc2)c2ccc(OC)cc2)cc1. The molecule has 2 amide bonds. The Balaban J connectivity index is 1.12. The maximum absolute atomic E-state index is 14.1. The molecule has 0 saturated carbocycles. The largest absolute Gasteiger partial charge is 0.497 e. The molecule has 10 nitrogen and oxygen atoms in total. The molecular formula is C55H47F9N5O5PS. The number of hydrogen-bond acceptors (Lipinski definition) is 7. The van der Waals surface area contributed by atoms with E-state index >= 15 is 0 Å². The number of nitrogens with zero attached hydrogens (tertiary/aromatic N) is 1. The lowest BCUT2D eigenvalue weighted by Crippen LogP contribution is -2.44. The van der Waals surface area contributed by atoms with Crippen molar-refractivity contribution in [3.8, 4) is 23.0 Å². The van der Waals surface area contributed by atoms with Crippen molar-refractivity contribution < 1.29 is 63.3 Å². The second-order valence-electron chi connectivity index (χ2n) is 17.3. The third-order valence-corrected chi connectivity index (χ3v) is 16.4. The van der Waals surface area contributed by atoms with Crippen molar-refractivity contribution in [2.45, 2.75) is 43.1 Å². The molecule has 0 aliphatic heterocycles. The summed E-state index contributed by atoms with van der Waals surface area (Å²) in [5, 5.41) is 13.7. The summed E-state index contributed by atoms with van der Waals surface area (Å²) in [5.41, 5.74) is -3.85. The number of ether oxygens (including phenoxy) is 4. The first kappa shape index (κ1) is 54.6. The Hall–Kier alpha value is -7.70. The molecule has 0 unspecified atom stereocenters. The minimum atomic E-state index is -5.24. The van der Waals surface area contributed by atoms with E-state index in [0.717, 1.165) is 38.7 Å². The summed E-state index contributed by atoms with van der Waals surface area (Å²) in [5.74, 6) is 1.65. The molecule has 7 aromatic carbocycles. The number of halogens is 9. The van der Waals surface area contributed by atoms with E-state index in [1.165, 1.54) is 0 Å². The second kappa shape index (κ2) is 22.6. The van der Waals surface area contributed by atoms with Crippen molar-refractivity contribution in [3.05, 3.63) is 197 Å². The minimum Gasteiger partial charge on any atom is -0.497 e. The molecule has 76 heavy (non-hydrogen) atoms. The van der Waals surface area contributed by atoms with Crippen molar-refractivity contribution in [1.82, 2.24) is 10.6 Å². The van der Waals surface area contributed by atoms with Gasteiger partial charge in [0.25, 0.3) is 0 Å². The summed E-state index contributed by atoms with van der Waals surface area (Å²) >= 11 is 6.07. The van der Waals surface area contributed by atoms with Crippen LogP contribution < -0.4 is 56.1 Å². The van der Waals surface area contributed by atoms with Crippen LogP contribution in [-0.2, 0) is 24.9 Å². The van der Waals surface area contributed by atoms with Crippen LogP contribution in [0.4, 0.5) is 55.7 Å². The Bertz CT molecular complexity index is 3080. The number of thiocarbonyl (C=S) groups is 1. The van der Waals surface area contributed by atoms with Crippen LogP contribution in [0.3, 0.4) is 0 Å². The Labute approximate surface area is 436 Å². The predicted octanol–water partition coefficient (Wildman–Crippen LogP) is 12.8. The number of methoxy groups -OCH3 is 3. The van der Waals surface area contributed by atoms with E-state index < -0.39 is 77.9 Å². The van der Waals surface area contributed by atoms with E-state index in [9.17, 15) is 44.3 Å². The number of rotatable bonds is 15. The number of benzene rings is 7. The Morgan fingerprint density at radius 1 is 0.618 bits per heavy atom. The Kier molecular flexibility index (Phi) is 16.3. The van der Waals surface area contributed by atoms with Crippen LogP contribution in [0.25, 0.3) is 0 Å². The van der Waals surface area contributed by atoms with Gasteiger partial charge in [-0.1, -0.05) is 54.6 Å². The number of alkyl halides is 9. The van der Waals surface area contributed by atoms with Gasteiger partial charge < -0.3 is 40.2 Å². The second-order valence-corrected chi connectivity index (χ2v) is 20.8. The van der Waals surface area contributed by atoms with E-state index in [0.29, 0.717) is 29.4 Å². The molecule has 4 N–H and O–H groups in total. The van der Waals surface area contributed by atoms with Crippen LogP contribution in [0.15, 0.2) is 169 Å². The minimum absolute atomic E-state index is 0.131. The topological polar surface area (TPSA) is 114 Å². The number of amides is 2. The summed E-state index contributed by atoms with van der Waals surface area (Å²) in [4.78, 5) is 13.3. The molecule has 0 radical (unpaired) electrons. The number of carbonyl (C=O) groups excluding carboxylic acids is 1. The van der Waals surface area contributed by atoms with Gasteiger partial charge in [-0.2, -0.15) is 39.5 Å². The molecule has 21 heteroatoms. The number of anilines is 2. The lowest BCUT2D eigenvalue weighted by atomic mass is 10.1. The van der Waals surface area contributed by atoms with Gasteiger partial charge >= 0.3 is 24.6 Å². The number of fused-ring (bicyclic) bond motifs is 1. The van der Waals surface area contributed by atoms with Gasteiger partial charge in [-0.15, -0.1) is 0 Å². The molecule has 1 aliphatic rings. The summed E-state index contributed by atoms with van der Waals surface area (Å²) in [6.45, 7) is 0.158. The normalized spacial score (nSPS) is 14.9. The summed E-state index contributed by atoms with van der Waals surface area (Å²) in [6.07, 6.45) is -16.2. The molecule has 396 valence electrons. The molecule has 7 aromatic rings. The lowest BCUT2D eigenvalue weighted by Gasteiger charge is -2.30. The van der Waals surface area contributed by atoms with Crippen LogP contribution in [-0.4, -0.2) is 45.1 Å². The van der Waals surface area contributed by atoms with Crippen molar-refractivity contribution in [2.24, 2.45) is 4.74 Å². The fourth-order valence-electron chi connectivity index (χ4n) is 8.77. The third kappa shape index (κ3) is 12.5. The van der Waals surface area contributed by atoms with Gasteiger partial charge in [0.1, 0.15) is 29.1 Å². The monoisotopic (exact) mass is 1090 g/mol. The lowest BCUT2D eigenvalue weighted by molar-refractivity contribution is -0.143. The smallest absolute Gasteiger partial charge is 0.416 e. The van der Waals surface area contributed by atoms with Crippen LogP contribution in [0.2, 0.25) is 0 Å². The molecule has 0 fully saturated rings. The molecule has 1 aliphatic carbocycles. The van der Waals surface area contributed by atoms with Gasteiger partial charge in [-0.25, -0.2) is 4.79 Å². The Morgan fingerprint density at radius 2 is 1.12 bits per heavy atom. The molecule has 0 spiro atoms. The van der Waals surface area contributed by atoms with Crippen LogP contribution >= 0.6 is 19.3 Å². The number of hydrogen-bond donors (Lipinski definition) is 4. The maximum Gasteiger partial charge on any atom is 0.416 e. The fourth-order valence-corrected chi connectivity index (χ4v) is 12.6. The molecule has 0 aromatic heterocycles. The average molecular weight is 1090 g/mol. The van der Waals surface area contributed by atoms with Gasteiger partial charge in [-0.05, 0) is 138 Å². The van der Waals surface area contributed by atoms with Crippen molar-refractivity contribution in [1.29, 1.82) is 0 Å². The molecule has 0 saturated heterocycles. The van der Waals surface area contributed by atoms with E-state index in [1.807, 2.05) is 121 Å². The highest BCUT2D eigenvalue weighted by Gasteiger charge is 2.39. The van der Waals surface area contributed by atoms with E-state index in [2.05, 4.69) is 16.0 Å². The van der Waals surface area contributed by atoms with E-state index in [-0.39, 0.29) is 42.0 Å². The fraction of sp³-hybridized carbons (Fsp3) is 0.200. The van der Waals surface area contributed by atoms with Gasteiger partial charge in [0, 0.05) is 28.0 Å². The van der Waals surface area contributed by atoms with E-state index in [4.69, 9.17) is 35.9 Å². The Morgan fingerprint density at radius 3 is 1.62 bits per heavy atom. The molecule has 0 bridgehead atoms. The standard InChI is InChI=1S/C55H47F9N5O5PS/c1-71-39-14-20-42(21-15-39)75(43-22-16-40(72-2)17-23-43,44-24-18-41(73-3)19-25-44)65-32-47(33-9-5-4-6-10-33)68-52(76)69-50-45-12-8-7-11-34(45)27-49(50)74-48-26-13-35(53(56,57)58)31-46(48)67-51(70)66-38-29-36(54(59,60)61)28-37(30-38)55(62,63)64/h4-26,28-31,47,49-50H,27,32H2,1-3H3,(H2,66,67,70)(H2,68,69,76)/t47-,49-,50-/m1/s1. The molecule has 0 heterocycles. The zero-order valence-electron chi connectivity index (χ0n) is 40.5. The number of carbonyl (C=O) groups is 1. The first-order valence-electron chi connectivity index (χ1n) is 23.2. The number of urea groups is 1. The predicted molar refractivity (Wildman–Crippen MR) is 278 cm³/mol. The quantitative estimate of drug-likeness (QED) is 0.0456. The van der Waals surface area contributed by atoms with Gasteiger partial charge in [0.05, 0.1) is 69.4 Å². The zero-order valence-corrected chi connectivity index (χ0v) is 42.2. The van der Waals surface area contributed by atoms with Crippen molar-refractivity contribution in [3.63, 3.8) is 0 Å². The van der Waals surface area contributed by atoms with Crippen molar-refractivity contribution in [2.75, 3.05) is 38.5 Å². The highest BCUT2D eigenvalue weighted by atomic mass is 32.1. The van der Waals surface area contributed by atoms with Crippen molar-refractivity contribution >= 4 is 57.7 Å². The first-order chi connectivity index (χ1) is 36.2. The molecule has 3 atom stereocenters. The highest BCUT2D eigenvalue weighted by molar-refractivity contribution is 7.87. The van der Waals surface area contributed by atoms with Crippen LogP contribution in [0.1, 0.15) is 45.5 Å². The van der Waals surface area contributed by atoms with E-state index in [1.54, 1.807) is 33.5 Å². The van der Waals surface area contributed by atoms with Gasteiger partial charge in [0.15, 0.2) is 5.11 Å². The first-order valence-corrected chi connectivity index (χ1v) is 25.3. The third-order valence-electron chi connectivity index (χ3n) is 12.5. The summed E-state index contributed by atoms with van der Waals surface area (Å²) < 4.78 is 153. The van der Waals surface area contributed by atoms with Crippen LogP contribution in [0, 0.1) is 0 Å². The average Bonchev–Trinajstić information content (AvgIpc) is 3.76. The number of nitrogens with one attached hydrogen (secondary N) is 4. The molecular weight excluding hydrogens is 1040 g/mol. The van der Waals surface area contributed by atoms with Gasteiger partial charge in [-0.3, -0.25) is 4.74 Å². The van der Waals surface area contributed by atoms with Crippen LogP contribution in [0.5, 0.6) is 23.0 Å². The summed E-state index contributed by atoms with van der Waals surface area (Å²) in [6, 6.07) is 39.8. The zero-order chi connectivity index (χ0) is 54.4.